The standard InChI is InChI=1S/C14H17BrO2/c1-3-12(16)9-14(17)10(2)8-11-6-4-5-7-13(11)15/h4-7,9-10,16H,3,8H2,1-2H3/b12-9-. The third-order valence-electron chi connectivity index (χ3n) is 2.64. The van der Waals surface area contributed by atoms with Gasteiger partial charge in [-0.15, -0.1) is 0 Å². The molecule has 3 heteroatoms. The molecule has 0 amide bonds. The Hall–Kier alpha value is -1.09. The normalized spacial score (nSPS) is 13.5. The fraction of sp³-hybridized carbons (Fsp3) is 0.357. The van der Waals surface area contributed by atoms with E-state index in [1.54, 1.807) is 0 Å². The van der Waals surface area contributed by atoms with E-state index in [1.807, 2.05) is 38.1 Å². The average Bonchev–Trinajstić information content (AvgIpc) is 2.31. The molecule has 1 atom stereocenters. The van der Waals surface area contributed by atoms with E-state index < -0.39 is 0 Å². The van der Waals surface area contributed by atoms with Crippen molar-refractivity contribution >= 4 is 21.7 Å². The molecule has 0 heterocycles. The summed E-state index contributed by atoms with van der Waals surface area (Å²) < 4.78 is 1.02. The smallest absolute Gasteiger partial charge is 0.162 e. The van der Waals surface area contributed by atoms with Crippen LogP contribution in [0.4, 0.5) is 0 Å². The van der Waals surface area contributed by atoms with Gasteiger partial charge in [-0.3, -0.25) is 4.79 Å². The lowest BCUT2D eigenvalue weighted by Gasteiger charge is -2.09. The molecule has 1 aromatic carbocycles. The van der Waals surface area contributed by atoms with Crippen molar-refractivity contribution in [3.63, 3.8) is 0 Å². The van der Waals surface area contributed by atoms with Gasteiger partial charge < -0.3 is 5.11 Å². The van der Waals surface area contributed by atoms with Crippen LogP contribution in [-0.2, 0) is 11.2 Å². The summed E-state index contributed by atoms with van der Waals surface area (Å²) in [4.78, 5) is 11.8. The van der Waals surface area contributed by atoms with Crippen LogP contribution in [0, 0.1) is 5.92 Å². The van der Waals surface area contributed by atoms with Crippen molar-refractivity contribution < 1.29 is 9.90 Å². The molecule has 17 heavy (non-hydrogen) atoms. The molecule has 1 N–H and O–H groups in total. The van der Waals surface area contributed by atoms with E-state index in [2.05, 4.69) is 15.9 Å². The number of aliphatic hydroxyl groups is 1. The molecule has 0 aliphatic carbocycles. The minimum absolute atomic E-state index is 0.0277. The Bertz CT molecular complexity index is 424. The molecule has 0 aromatic heterocycles. The number of aliphatic hydroxyl groups excluding tert-OH is 1. The van der Waals surface area contributed by atoms with E-state index >= 15 is 0 Å². The molecule has 1 unspecified atom stereocenters. The lowest BCUT2D eigenvalue weighted by Crippen LogP contribution is -2.12. The van der Waals surface area contributed by atoms with Crippen molar-refractivity contribution in [2.45, 2.75) is 26.7 Å². The van der Waals surface area contributed by atoms with Crippen molar-refractivity contribution in [2.75, 3.05) is 0 Å². The first-order valence-electron chi connectivity index (χ1n) is 5.71. The quantitative estimate of drug-likeness (QED) is 0.657. The third-order valence-corrected chi connectivity index (χ3v) is 3.41. The van der Waals surface area contributed by atoms with Gasteiger partial charge in [0.05, 0.1) is 5.76 Å². The van der Waals surface area contributed by atoms with Gasteiger partial charge in [-0.1, -0.05) is 48.0 Å². The van der Waals surface area contributed by atoms with Gasteiger partial charge in [0.2, 0.25) is 0 Å². The number of allylic oxidation sites excluding steroid dienone is 2. The number of hydrogen-bond acceptors (Lipinski definition) is 2. The predicted molar refractivity (Wildman–Crippen MR) is 73.0 cm³/mol. The van der Waals surface area contributed by atoms with Crippen LogP contribution in [0.3, 0.4) is 0 Å². The molecule has 1 aromatic rings. The van der Waals surface area contributed by atoms with Gasteiger partial charge in [-0.2, -0.15) is 0 Å². The summed E-state index contributed by atoms with van der Waals surface area (Å²) in [5, 5.41) is 9.33. The number of carbonyl (C=O) groups is 1. The molecule has 92 valence electrons. The summed E-state index contributed by atoms with van der Waals surface area (Å²) in [6.07, 6.45) is 2.50. The van der Waals surface area contributed by atoms with Crippen LogP contribution in [0.2, 0.25) is 0 Å². The molecular formula is C14H17BrO2. The number of halogens is 1. The largest absolute Gasteiger partial charge is 0.512 e. The van der Waals surface area contributed by atoms with E-state index in [0.29, 0.717) is 12.8 Å². The monoisotopic (exact) mass is 296 g/mol. The maximum atomic E-state index is 11.8. The molecule has 0 saturated carbocycles. The number of carbonyl (C=O) groups excluding carboxylic acids is 1. The first-order valence-corrected chi connectivity index (χ1v) is 6.50. The zero-order valence-electron chi connectivity index (χ0n) is 10.1. The molecule has 2 nitrogen and oxygen atoms in total. The number of hydrogen-bond donors (Lipinski definition) is 1. The van der Waals surface area contributed by atoms with E-state index in [-0.39, 0.29) is 17.5 Å². The molecular weight excluding hydrogens is 280 g/mol. The van der Waals surface area contributed by atoms with Crippen LogP contribution >= 0.6 is 15.9 Å². The molecule has 0 aliphatic heterocycles. The van der Waals surface area contributed by atoms with Crippen LogP contribution in [0.25, 0.3) is 0 Å². The van der Waals surface area contributed by atoms with Crippen molar-refractivity contribution in [3.05, 3.63) is 46.1 Å². The zero-order chi connectivity index (χ0) is 12.8. The van der Waals surface area contributed by atoms with Crippen LogP contribution < -0.4 is 0 Å². The molecule has 0 fully saturated rings. The zero-order valence-corrected chi connectivity index (χ0v) is 11.7. The summed E-state index contributed by atoms with van der Waals surface area (Å²) in [7, 11) is 0. The topological polar surface area (TPSA) is 37.3 Å². The molecule has 0 saturated heterocycles. The van der Waals surface area contributed by atoms with Gasteiger partial charge in [0.1, 0.15) is 0 Å². The highest BCUT2D eigenvalue weighted by atomic mass is 79.9. The Balaban J connectivity index is 2.70. The van der Waals surface area contributed by atoms with Gasteiger partial charge in [-0.05, 0) is 18.1 Å². The van der Waals surface area contributed by atoms with E-state index in [1.165, 1.54) is 6.08 Å². The lowest BCUT2D eigenvalue weighted by atomic mass is 9.96. The van der Waals surface area contributed by atoms with Gasteiger partial charge in [0.15, 0.2) is 5.78 Å². The number of ketones is 1. The molecule has 0 aliphatic rings. The summed E-state index contributed by atoms with van der Waals surface area (Å²) in [5.74, 6) is -0.00326. The van der Waals surface area contributed by atoms with Crippen LogP contribution in [0.5, 0.6) is 0 Å². The second-order valence-corrected chi connectivity index (χ2v) is 4.94. The maximum absolute atomic E-state index is 11.8. The van der Waals surface area contributed by atoms with E-state index in [0.717, 1.165) is 10.0 Å². The van der Waals surface area contributed by atoms with Crippen molar-refractivity contribution in [3.8, 4) is 0 Å². The Morgan fingerprint density at radius 2 is 2.12 bits per heavy atom. The summed E-state index contributed by atoms with van der Waals surface area (Å²) in [6.45, 7) is 3.69. The van der Waals surface area contributed by atoms with Crippen molar-refractivity contribution in [1.82, 2.24) is 0 Å². The van der Waals surface area contributed by atoms with Gasteiger partial charge in [-0.25, -0.2) is 0 Å². The second-order valence-electron chi connectivity index (χ2n) is 4.09. The SMILES string of the molecule is CC/C(O)=C/C(=O)C(C)Cc1ccccc1Br. The van der Waals surface area contributed by atoms with Crippen LogP contribution in [0.15, 0.2) is 40.6 Å². The van der Waals surface area contributed by atoms with E-state index in [4.69, 9.17) is 0 Å². The average molecular weight is 297 g/mol. The summed E-state index contributed by atoms with van der Waals surface area (Å²) in [6, 6.07) is 7.86. The third kappa shape index (κ3) is 4.35. The Morgan fingerprint density at radius 3 is 2.71 bits per heavy atom. The molecule has 0 radical (unpaired) electrons. The lowest BCUT2D eigenvalue weighted by molar-refractivity contribution is -0.117. The highest BCUT2D eigenvalue weighted by molar-refractivity contribution is 9.10. The highest BCUT2D eigenvalue weighted by Gasteiger charge is 2.13. The van der Waals surface area contributed by atoms with Crippen LogP contribution in [-0.4, -0.2) is 10.9 Å². The minimum atomic E-state index is -0.123. The fourth-order valence-electron chi connectivity index (χ4n) is 1.50. The van der Waals surface area contributed by atoms with Gasteiger partial charge >= 0.3 is 0 Å². The van der Waals surface area contributed by atoms with E-state index in [9.17, 15) is 9.90 Å². The first-order chi connectivity index (χ1) is 8.04. The number of benzene rings is 1. The van der Waals surface area contributed by atoms with Gasteiger partial charge in [0, 0.05) is 22.9 Å². The van der Waals surface area contributed by atoms with Gasteiger partial charge in [0.25, 0.3) is 0 Å². The summed E-state index contributed by atoms with van der Waals surface area (Å²) in [5.41, 5.74) is 1.11. The maximum Gasteiger partial charge on any atom is 0.162 e. The highest BCUT2D eigenvalue weighted by Crippen LogP contribution is 2.20. The number of rotatable bonds is 5. The minimum Gasteiger partial charge on any atom is -0.512 e. The fourth-order valence-corrected chi connectivity index (χ4v) is 1.95. The molecule has 0 bridgehead atoms. The van der Waals surface area contributed by atoms with Crippen molar-refractivity contribution in [1.29, 1.82) is 0 Å². The van der Waals surface area contributed by atoms with Crippen molar-refractivity contribution in [2.24, 2.45) is 5.92 Å². The molecule has 0 spiro atoms. The Labute approximate surface area is 110 Å². The second kappa shape index (κ2) is 6.60. The van der Waals surface area contributed by atoms with Crippen LogP contribution in [0.1, 0.15) is 25.8 Å². The summed E-state index contributed by atoms with van der Waals surface area (Å²) >= 11 is 3.46. The predicted octanol–water partition coefficient (Wildman–Crippen LogP) is 4.05. The molecule has 1 rings (SSSR count). The Kier molecular flexibility index (Phi) is 5.42. The Morgan fingerprint density at radius 1 is 1.47 bits per heavy atom. The first kappa shape index (κ1) is 14.0.